The fourth-order valence-electron chi connectivity index (χ4n) is 4.06. The van der Waals surface area contributed by atoms with Gasteiger partial charge < -0.3 is 14.2 Å². The first-order valence-corrected chi connectivity index (χ1v) is 12.8. The maximum absolute atomic E-state index is 13.7. The third kappa shape index (κ3) is 5.38. The highest BCUT2D eigenvalue weighted by atomic mass is 35.5. The highest BCUT2D eigenvalue weighted by molar-refractivity contribution is 7.07. The van der Waals surface area contributed by atoms with Crippen molar-refractivity contribution in [2.45, 2.75) is 33.7 Å². The Hall–Kier alpha value is -3.69. The number of fused-ring (bicyclic) bond motifs is 1. The molecule has 0 aliphatic carbocycles. The van der Waals surface area contributed by atoms with Gasteiger partial charge in [0.2, 0.25) is 0 Å². The summed E-state index contributed by atoms with van der Waals surface area (Å²) in [5, 5.41) is 0.418. The summed E-state index contributed by atoms with van der Waals surface area (Å²) in [6.07, 6.45) is 1.71. The van der Waals surface area contributed by atoms with Crippen LogP contribution in [0.4, 0.5) is 0 Å². The Balaban J connectivity index is 1.90. The summed E-state index contributed by atoms with van der Waals surface area (Å²) in [6, 6.07) is 11.3. The predicted molar refractivity (Wildman–Crippen MR) is 141 cm³/mol. The number of ether oxygens (including phenoxy) is 3. The summed E-state index contributed by atoms with van der Waals surface area (Å²) >= 11 is 7.73. The smallest absolute Gasteiger partial charge is 0.338 e. The van der Waals surface area contributed by atoms with E-state index in [-0.39, 0.29) is 17.7 Å². The quantitative estimate of drug-likeness (QED) is 0.334. The Morgan fingerprint density at radius 3 is 2.57 bits per heavy atom. The van der Waals surface area contributed by atoms with E-state index in [0.29, 0.717) is 49.3 Å². The number of hydrogen-bond donors (Lipinski definition) is 0. The van der Waals surface area contributed by atoms with E-state index in [2.05, 4.69) is 4.99 Å². The predicted octanol–water partition coefficient (Wildman–Crippen LogP) is 3.78. The molecule has 0 saturated heterocycles. The Morgan fingerprint density at radius 2 is 1.89 bits per heavy atom. The molecule has 1 atom stereocenters. The van der Waals surface area contributed by atoms with Crippen LogP contribution in [0.2, 0.25) is 5.02 Å². The number of carbonyl (C=O) groups excluding carboxylic acids is 2. The first kappa shape index (κ1) is 26.4. The molecule has 3 aromatic rings. The van der Waals surface area contributed by atoms with Crippen molar-refractivity contribution in [3.8, 4) is 11.5 Å². The molecule has 0 bridgehead atoms. The lowest BCUT2D eigenvalue weighted by atomic mass is 9.96. The van der Waals surface area contributed by atoms with E-state index >= 15 is 0 Å². The average Bonchev–Trinajstić information content (AvgIpc) is 3.14. The van der Waals surface area contributed by atoms with E-state index in [1.807, 2.05) is 6.92 Å². The zero-order valence-corrected chi connectivity index (χ0v) is 22.3. The van der Waals surface area contributed by atoms with Crippen LogP contribution in [0.15, 0.2) is 63.5 Å². The zero-order valence-electron chi connectivity index (χ0n) is 20.7. The molecule has 0 fully saturated rings. The van der Waals surface area contributed by atoms with Gasteiger partial charge in [-0.25, -0.2) is 9.79 Å². The molecule has 0 N–H and O–H groups in total. The molecular formula is C27H25ClN2O6S. The minimum absolute atomic E-state index is 0.181. The molecule has 0 saturated carbocycles. The molecule has 1 aliphatic heterocycles. The number of allylic oxidation sites excluding steroid dienone is 1. The number of aromatic nitrogens is 1. The SMILES string of the molecule is CCOC(=O)C1=C(C)N=c2s/c(=C/c3ccc(OC(C)=O)c(OCC)c3)c(=O)n2[C@H]1c1ccccc1Cl. The van der Waals surface area contributed by atoms with Crippen molar-refractivity contribution in [2.24, 2.45) is 4.99 Å². The lowest BCUT2D eigenvalue weighted by Gasteiger charge is -2.25. The molecule has 37 heavy (non-hydrogen) atoms. The maximum Gasteiger partial charge on any atom is 0.338 e. The van der Waals surface area contributed by atoms with Crippen molar-refractivity contribution in [1.29, 1.82) is 0 Å². The van der Waals surface area contributed by atoms with E-state index in [1.165, 1.54) is 22.8 Å². The number of thiazole rings is 1. The van der Waals surface area contributed by atoms with Crippen LogP contribution in [-0.2, 0) is 14.3 Å². The fraction of sp³-hybridized carbons (Fsp3) is 0.259. The van der Waals surface area contributed by atoms with Crippen LogP contribution in [0.3, 0.4) is 0 Å². The Morgan fingerprint density at radius 1 is 1.14 bits per heavy atom. The molecule has 192 valence electrons. The highest BCUT2D eigenvalue weighted by Gasteiger charge is 2.34. The van der Waals surface area contributed by atoms with Gasteiger partial charge >= 0.3 is 11.9 Å². The second-order valence-electron chi connectivity index (χ2n) is 8.06. The van der Waals surface area contributed by atoms with Crippen LogP contribution in [0.25, 0.3) is 6.08 Å². The molecule has 10 heteroatoms. The van der Waals surface area contributed by atoms with Crippen LogP contribution in [0.5, 0.6) is 11.5 Å². The minimum atomic E-state index is -0.795. The first-order valence-electron chi connectivity index (χ1n) is 11.6. The zero-order chi connectivity index (χ0) is 26.7. The molecule has 0 unspecified atom stereocenters. The van der Waals surface area contributed by atoms with Gasteiger partial charge in [0.25, 0.3) is 5.56 Å². The van der Waals surface area contributed by atoms with Gasteiger partial charge in [-0.2, -0.15) is 0 Å². The van der Waals surface area contributed by atoms with Crippen molar-refractivity contribution in [3.63, 3.8) is 0 Å². The van der Waals surface area contributed by atoms with Gasteiger partial charge in [-0.15, -0.1) is 0 Å². The summed E-state index contributed by atoms with van der Waals surface area (Å²) in [5.74, 6) is -0.338. The monoisotopic (exact) mass is 540 g/mol. The maximum atomic E-state index is 13.7. The van der Waals surface area contributed by atoms with E-state index in [4.69, 9.17) is 25.8 Å². The second-order valence-corrected chi connectivity index (χ2v) is 9.47. The average molecular weight is 541 g/mol. The second kappa shape index (κ2) is 11.1. The van der Waals surface area contributed by atoms with Crippen LogP contribution in [-0.4, -0.2) is 29.7 Å². The highest BCUT2D eigenvalue weighted by Crippen LogP contribution is 2.34. The molecule has 2 heterocycles. The number of halogens is 1. The topological polar surface area (TPSA) is 96.2 Å². The number of hydrogen-bond acceptors (Lipinski definition) is 8. The van der Waals surface area contributed by atoms with Gasteiger partial charge in [0.1, 0.15) is 6.04 Å². The van der Waals surface area contributed by atoms with E-state index in [9.17, 15) is 14.4 Å². The van der Waals surface area contributed by atoms with Gasteiger partial charge in [-0.3, -0.25) is 14.2 Å². The molecule has 0 amide bonds. The van der Waals surface area contributed by atoms with Gasteiger partial charge in [0, 0.05) is 11.9 Å². The van der Waals surface area contributed by atoms with E-state index < -0.39 is 18.0 Å². The van der Waals surface area contributed by atoms with Crippen LogP contribution in [0, 0.1) is 0 Å². The summed E-state index contributed by atoms with van der Waals surface area (Å²) in [5.41, 5.74) is 1.66. The minimum Gasteiger partial charge on any atom is -0.490 e. The van der Waals surface area contributed by atoms with E-state index in [0.717, 1.165) is 0 Å². The van der Waals surface area contributed by atoms with Crippen molar-refractivity contribution in [3.05, 3.63) is 89.6 Å². The first-order chi connectivity index (χ1) is 17.7. The summed E-state index contributed by atoms with van der Waals surface area (Å²) in [7, 11) is 0. The Kier molecular flexibility index (Phi) is 7.94. The van der Waals surface area contributed by atoms with Gasteiger partial charge in [0.05, 0.1) is 29.0 Å². The van der Waals surface area contributed by atoms with Gasteiger partial charge in [0.15, 0.2) is 16.3 Å². The largest absolute Gasteiger partial charge is 0.490 e. The fourth-order valence-corrected chi connectivity index (χ4v) is 5.34. The van der Waals surface area contributed by atoms with Crippen LogP contribution >= 0.6 is 22.9 Å². The Bertz CT molecular complexity index is 1590. The summed E-state index contributed by atoms with van der Waals surface area (Å²) in [4.78, 5) is 43.1. The molecule has 1 aliphatic rings. The third-order valence-corrected chi connectivity index (χ3v) is 6.86. The molecule has 8 nitrogen and oxygen atoms in total. The summed E-state index contributed by atoms with van der Waals surface area (Å²) < 4.78 is 18.0. The molecule has 0 radical (unpaired) electrons. The number of carbonyl (C=O) groups is 2. The van der Waals surface area contributed by atoms with Crippen LogP contribution in [0.1, 0.15) is 44.9 Å². The molecule has 1 aromatic heterocycles. The number of benzene rings is 2. The molecular weight excluding hydrogens is 516 g/mol. The van der Waals surface area contributed by atoms with Crippen molar-refractivity contribution >= 4 is 41.0 Å². The number of nitrogens with zero attached hydrogens (tertiary/aromatic N) is 2. The molecule has 0 spiro atoms. The standard InChI is InChI=1S/C27H25ClN2O6S/c1-5-34-21-13-17(11-12-20(21)36-16(4)31)14-22-25(32)30-24(18-9-7-8-10-19(18)28)23(26(33)35-6-2)15(3)29-27(30)37-22/h7-14,24H,5-6H2,1-4H3/b22-14+/t24-/m0/s1. The number of esters is 2. The van der Waals surface area contributed by atoms with Crippen molar-refractivity contribution < 1.29 is 23.8 Å². The summed E-state index contributed by atoms with van der Waals surface area (Å²) in [6.45, 7) is 7.12. The van der Waals surface area contributed by atoms with Crippen molar-refractivity contribution in [1.82, 2.24) is 4.57 Å². The lowest BCUT2D eigenvalue weighted by molar-refractivity contribution is -0.139. The van der Waals surface area contributed by atoms with Gasteiger partial charge in [-0.1, -0.05) is 47.2 Å². The number of rotatable bonds is 7. The third-order valence-electron chi connectivity index (χ3n) is 5.54. The van der Waals surface area contributed by atoms with Crippen LogP contribution < -0.4 is 24.4 Å². The Labute approximate surface area is 222 Å². The lowest BCUT2D eigenvalue weighted by Crippen LogP contribution is -2.40. The normalized spacial score (nSPS) is 15.2. The molecule has 4 rings (SSSR count). The van der Waals surface area contributed by atoms with E-state index in [1.54, 1.807) is 62.4 Å². The molecule has 2 aromatic carbocycles. The van der Waals surface area contributed by atoms with Crippen molar-refractivity contribution in [2.75, 3.05) is 13.2 Å². The van der Waals surface area contributed by atoms with Gasteiger partial charge in [-0.05, 0) is 56.2 Å².